The molecule has 8 rings (SSSR count). The number of carbonyl (C=O) groups is 10. The Morgan fingerprint density at radius 1 is 0.915 bits per heavy atom. The van der Waals surface area contributed by atoms with Crippen molar-refractivity contribution in [2.75, 3.05) is 19.6 Å². The molecule has 10 amide bonds. The molecule has 26 heteroatoms. The number of rotatable bonds is 19. The average Bonchev–Trinajstić information content (AvgIpc) is 4.18. The third-order valence-electron chi connectivity index (χ3n) is 14.9. The maximum absolute atomic E-state index is 14.8. The summed E-state index contributed by atoms with van der Waals surface area (Å²) in [7, 11) is -5.91. The number of thiophene rings is 1. The van der Waals surface area contributed by atoms with E-state index < -0.39 is 102 Å². The molecular weight excluding hydrogens is 1110 g/mol. The van der Waals surface area contributed by atoms with Gasteiger partial charge in [0.05, 0.1) is 4.88 Å². The van der Waals surface area contributed by atoms with Crippen molar-refractivity contribution in [3.63, 3.8) is 0 Å². The molecule has 22 nitrogen and oxygen atoms in total. The van der Waals surface area contributed by atoms with Gasteiger partial charge in [-0.05, 0) is 91.8 Å². The maximum Gasteiger partial charge on any atom is 0.399 e. The Morgan fingerprint density at radius 3 is 2.38 bits per heavy atom. The van der Waals surface area contributed by atoms with Gasteiger partial charge in [0, 0.05) is 78.8 Å². The molecule has 0 bridgehead atoms. The molecule has 0 spiro atoms. The monoisotopic (exact) mass is 1170 g/mol. The van der Waals surface area contributed by atoms with Crippen LogP contribution in [0.3, 0.4) is 0 Å². The Balaban J connectivity index is 0.920. The molecule has 9 N–H and O–H groups in total. The summed E-state index contributed by atoms with van der Waals surface area (Å²) in [6.07, 6.45) is 1.83. The van der Waals surface area contributed by atoms with Crippen LogP contribution in [0.2, 0.25) is 0 Å². The van der Waals surface area contributed by atoms with E-state index in [0.29, 0.717) is 46.2 Å². The number of nitrogens with zero attached hydrogens (tertiary/aromatic N) is 3. The van der Waals surface area contributed by atoms with Crippen LogP contribution in [0.1, 0.15) is 126 Å². The van der Waals surface area contributed by atoms with Crippen molar-refractivity contribution in [1.29, 1.82) is 0 Å². The van der Waals surface area contributed by atoms with E-state index in [-0.39, 0.29) is 99.1 Å². The first kappa shape index (κ1) is 60.2. The summed E-state index contributed by atoms with van der Waals surface area (Å²) in [5, 5.41) is 13.3. The summed E-state index contributed by atoms with van der Waals surface area (Å²) in [4.78, 5) is 157. The largest absolute Gasteiger partial charge is 0.399 e. The van der Waals surface area contributed by atoms with Gasteiger partial charge in [-0.15, -0.1) is 11.3 Å². The maximum atomic E-state index is 14.8. The number of fused-ring (bicyclic) bond motifs is 3. The molecular formula is C56H62F2N9O13PS. The minimum Gasteiger partial charge on any atom is -0.370 e. The van der Waals surface area contributed by atoms with Gasteiger partial charge >= 0.3 is 13.3 Å². The van der Waals surface area contributed by atoms with Crippen molar-refractivity contribution in [2.24, 2.45) is 11.7 Å². The minimum absolute atomic E-state index is 0.0562. The highest BCUT2D eigenvalue weighted by atomic mass is 32.1. The average molecular weight is 1170 g/mol. The fraction of sp³-hybridized carbons (Fsp3) is 0.429. The lowest BCUT2D eigenvalue weighted by Crippen LogP contribution is -2.62. The first-order chi connectivity index (χ1) is 38.9. The summed E-state index contributed by atoms with van der Waals surface area (Å²) in [5.74, 6) is -0.317. The lowest BCUT2D eigenvalue weighted by molar-refractivity contribution is -0.146. The quantitative estimate of drug-likeness (QED) is 0.0290. The van der Waals surface area contributed by atoms with E-state index in [1.165, 1.54) is 26.8 Å². The zero-order valence-corrected chi connectivity index (χ0v) is 46.5. The van der Waals surface area contributed by atoms with Gasteiger partial charge in [0.1, 0.15) is 30.2 Å². The molecule has 0 aliphatic carbocycles. The van der Waals surface area contributed by atoms with Crippen LogP contribution in [-0.4, -0.2) is 133 Å². The van der Waals surface area contributed by atoms with Gasteiger partial charge in [-0.1, -0.05) is 68.2 Å². The number of unbranched alkanes of at least 4 members (excludes halogenated alkanes) is 2. The molecule has 6 atom stereocenters. The van der Waals surface area contributed by atoms with Gasteiger partial charge in [-0.3, -0.25) is 57.8 Å². The number of primary amides is 1. The number of nitrogens with one attached hydrogen (secondary N) is 5. The molecule has 5 heterocycles. The Labute approximate surface area is 473 Å². The predicted octanol–water partition coefficient (Wildman–Crippen LogP) is 3.18. The fourth-order valence-electron chi connectivity index (χ4n) is 10.6. The summed E-state index contributed by atoms with van der Waals surface area (Å²) < 4.78 is 41.1. The van der Waals surface area contributed by atoms with E-state index in [2.05, 4.69) is 38.4 Å². The number of carbonyl (C=O) groups excluding carboxylic acids is 10. The molecule has 82 heavy (non-hydrogen) atoms. The van der Waals surface area contributed by atoms with Crippen LogP contribution in [0, 0.1) is 17.8 Å². The zero-order valence-electron chi connectivity index (χ0n) is 44.8. The zero-order chi connectivity index (χ0) is 59.2. The Hall–Kier alpha value is -7.91. The van der Waals surface area contributed by atoms with Crippen molar-refractivity contribution in [3.05, 3.63) is 105 Å². The standard InChI is InChI=1S/C56H62F2N9O13PS/c1-31(2)53(75)65-26-24-36-17-19-42(67(36)55(77)40(30-65)62-51(73)44-28-34-27-35(16-21-43(34)82-44)56(57,58)81(78,79)80)50(72)61-39(18-22-45(59)68)48(70)64-47(33-12-7-5-8-13-33)52(74)60-25-9-4-3-6-11-32-14-10-15-37-38(32)29-66(54(37)76)41-20-23-46(69)63-49(41)71/h5,7-8,10,12-16,21,27-28,31,36,39-42,47H,3-4,9,17-20,22-26,29-30H2,1-2H3,(H2,59,68)(H,60,74)(H,61,72)(H,62,73)(H,64,70)(H,63,69,71)(H2,78,79,80)/t36-,39?,40+,41?,42+,47?/m1/s1. The molecule has 4 aliphatic rings. The fourth-order valence-corrected chi connectivity index (χ4v) is 12.0. The van der Waals surface area contributed by atoms with Crippen LogP contribution in [-0.2, 0) is 55.1 Å². The Morgan fingerprint density at radius 2 is 1.67 bits per heavy atom. The number of halogens is 2. The molecule has 3 saturated heterocycles. The number of hydrogen-bond donors (Lipinski definition) is 8. The molecule has 4 aromatic rings. The van der Waals surface area contributed by atoms with E-state index in [9.17, 15) is 71.1 Å². The molecule has 4 aliphatic heterocycles. The highest BCUT2D eigenvalue weighted by Crippen LogP contribution is 2.59. The van der Waals surface area contributed by atoms with Crippen molar-refractivity contribution < 1.29 is 71.1 Å². The van der Waals surface area contributed by atoms with E-state index in [0.717, 1.165) is 23.5 Å². The number of amides is 10. The number of benzene rings is 3. The third kappa shape index (κ3) is 13.5. The minimum atomic E-state index is -5.91. The van der Waals surface area contributed by atoms with Crippen LogP contribution in [0.15, 0.2) is 72.8 Å². The van der Waals surface area contributed by atoms with Crippen molar-refractivity contribution >= 4 is 88.1 Å². The first-order valence-corrected chi connectivity index (χ1v) is 29.2. The van der Waals surface area contributed by atoms with Crippen LogP contribution in [0.25, 0.3) is 10.1 Å². The molecule has 0 saturated carbocycles. The van der Waals surface area contributed by atoms with Gasteiger partial charge < -0.3 is 51.5 Å². The van der Waals surface area contributed by atoms with Crippen molar-refractivity contribution in [3.8, 4) is 11.8 Å². The smallest absolute Gasteiger partial charge is 0.370 e. The van der Waals surface area contributed by atoms with E-state index in [4.69, 9.17) is 5.73 Å². The number of nitrogens with two attached hydrogens (primary N) is 1. The Kier molecular flexibility index (Phi) is 18.7. The highest BCUT2D eigenvalue weighted by molar-refractivity contribution is 7.52. The van der Waals surface area contributed by atoms with E-state index in [1.54, 1.807) is 62.4 Å². The highest BCUT2D eigenvalue weighted by Gasteiger charge is 2.51. The molecule has 3 unspecified atom stereocenters. The topological polar surface area (TPSA) is 324 Å². The molecule has 3 aromatic carbocycles. The third-order valence-corrected chi connectivity index (χ3v) is 17.0. The number of piperidine rings is 1. The van der Waals surface area contributed by atoms with Crippen LogP contribution in [0.4, 0.5) is 8.78 Å². The van der Waals surface area contributed by atoms with Crippen LogP contribution >= 0.6 is 18.9 Å². The number of imide groups is 1. The molecule has 3 fully saturated rings. The van der Waals surface area contributed by atoms with E-state index >= 15 is 0 Å². The van der Waals surface area contributed by atoms with Gasteiger partial charge in [0.2, 0.25) is 47.3 Å². The van der Waals surface area contributed by atoms with Gasteiger partial charge in [-0.2, -0.15) is 8.78 Å². The van der Waals surface area contributed by atoms with Crippen molar-refractivity contribution in [1.82, 2.24) is 41.3 Å². The number of hydrogen-bond acceptors (Lipinski definition) is 12. The summed E-state index contributed by atoms with van der Waals surface area (Å²) in [6, 6.07) is 10.8. The number of alkyl halides is 2. The van der Waals surface area contributed by atoms with Crippen molar-refractivity contribution in [2.45, 2.75) is 127 Å². The van der Waals surface area contributed by atoms with Crippen LogP contribution in [0.5, 0.6) is 0 Å². The van der Waals surface area contributed by atoms with Gasteiger partial charge in [-0.25, -0.2) is 0 Å². The lowest BCUT2D eigenvalue weighted by atomic mass is 10.0. The Bertz CT molecular complexity index is 3330. The van der Waals surface area contributed by atoms with Crippen LogP contribution < -0.4 is 32.3 Å². The SMILES string of the molecule is CC(C)C(=O)N1CC[C@H]2CC[C@@H](C(=O)NC(CCC(N)=O)C(=O)NC(C(=O)NCCCCC#Cc3cccc4c3CN(C3CCC(=O)NC3=O)C4=O)c3ccccc3)N2C(=O)[C@@H](NC(=O)c2cc3cc(C(F)(F)P(=O)(O)O)ccc3s2)C1. The van der Waals surface area contributed by atoms with Gasteiger partial charge in [0.25, 0.3) is 11.8 Å². The summed E-state index contributed by atoms with van der Waals surface area (Å²) in [6.45, 7) is 3.54. The molecule has 0 radical (unpaired) electrons. The second-order valence-corrected chi connectivity index (χ2v) is 23.6. The summed E-state index contributed by atoms with van der Waals surface area (Å²) >= 11 is 0.858. The normalized spacial score (nSPS) is 19.9. The predicted molar refractivity (Wildman–Crippen MR) is 293 cm³/mol. The molecule has 434 valence electrons. The summed E-state index contributed by atoms with van der Waals surface area (Å²) in [5.41, 5.74) is 2.19. The lowest BCUT2D eigenvalue weighted by Gasteiger charge is -2.39. The molecule has 1 aromatic heterocycles. The van der Waals surface area contributed by atoms with Gasteiger partial charge in [0.15, 0.2) is 0 Å². The second kappa shape index (κ2) is 25.5. The van der Waals surface area contributed by atoms with E-state index in [1.807, 2.05) is 0 Å². The second-order valence-electron chi connectivity index (χ2n) is 20.9. The first-order valence-electron chi connectivity index (χ1n) is 26.8.